The zero-order chi connectivity index (χ0) is 14.6. The molecule has 0 saturated heterocycles. The number of rotatable bonds is 6. The third-order valence-electron chi connectivity index (χ3n) is 4.95. The minimum atomic E-state index is -0.0241. The average Bonchev–Trinajstić information content (AvgIpc) is 2.86. The average molecular weight is 293 g/mol. The summed E-state index contributed by atoms with van der Waals surface area (Å²) >= 11 is 1.94. The molecule has 1 aliphatic rings. The number of aliphatic hydroxyl groups excluding tert-OH is 1. The summed E-state index contributed by atoms with van der Waals surface area (Å²) in [5, 5.41) is 13.1. The van der Waals surface area contributed by atoms with Crippen LogP contribution in [0.15, 0.2) is 23.1 Å². The number of thioether (sulfide) groups is 1. The van der Waals surface area contributed by atoms with Crippen LogP contribution >= 0.6 is 11.8 Å². The zero-order valence-electron chi connectivity index (χ0n) is 12.9. The highest BCUT2D eigenvalue weighted by atomic mass is 32.2. The zero-order valence-corrected chi connectivity index (χ0v) is 13.7. The van der Waals surface area contributed by atoms with Crippen LogP contribution in [0.5, 0.6) is 0 Å². The van der Waals surface area contributed by atoms with E-state index in [1.807, 2.05) is 18.8 Å². The molecule has 1 aromatic carbocycles. The predicted octanol–water partition coefficient (Wildman–Crippen LogP) is 3.54. The Morgan fingerprint density at radius 3 is 2.80 bits per heavy atom. The van der Waals surface area contributed by atoms with Crippen molar-refractivity contribution in [1.29, 1.82) is 0 Å². The van der Waals surface area contributed by atoms with Crippen LogP contribution in [0.25, 0.3) is 0 Å². The molecule has 0 amide bonds. The minimum Gasteiger partial charge on any atom is -0.394 e. The first-order chi connectivity index (χ1) is 9.61. The van der Waals surface area contributed by atoms with Crippen molar-refractivity contribution in [3.05, 3.63) is 29.3 Å². The summed E-state index contributed by atoms with van der Waals surface area (Å²) in [4.78, 5) is 1.37. The molecular formula is C17H27NOS. The molecular weight excluding hydrogens is 266 g/mol. The Morgan fingerprint density at radius 1 is 1.35 bits per heavy atom. The molecule has 0 heterocycles. The molecule has 0 radical (unpaired) electrons. The standard InChI is InChI=1S/C17H27NOS/c1-13-6-7-16(11-14(13)2)20-10-8-15-5-4-9-17(15,12-19)18-3/h6-7,11,15,18-19H,4-5,8-10,12H2,1-3H3. The maximum Gasteiger partial charge on any atom is 0.0615 e. The fraction of sp³-hybridized carbons (Fsp3) is 0.647. The normalized spacial score (nSPS) is 26.1. The largest absolute Gasteiger partial charge is 0.394 e. The first-order valence-corrected chi connectivity index (χ1v) is 8.59. The Balaban J connectivity index is 1.87. The number of likely N-dealkylation sites (N-methyl/N-ethyl adjacent to an activating group) is 1. The van der Waals surface area contributed by atoms with Gasteiger partial charge in [0, 0.05) is 10.4 Å². The van der Waals surface area contributed by atoms with Gasteiger partial charge in [-0.05, 0) is 75.1 Å². The van der Waals surface area contributed by atoms with E-state index in [0.717, 1.165) is 12.2 Å². The summed E-state index contributed by atoms with van der Waals surface area (Å²) in [6.07, 6.45) is 4.77. The minimum absolute atomic E-state index is 0.0241. The third kappa shape index (κ3) is 3.38. The van der Waals surface area contributed by atoms with E-state index < -0.39 is 0 Å². The van der Waals surface area contributed by atoms with Gasteiger partial charge in [0.1, 0.15) is 0 Å². The fourth-order valence-corrected chi connectivity index (χ4v) is 4.37. The van der Waals surface area contributed by atoms with E-state index in [-0.39, 0.29) is 12.1 Å². The van der Waals surface area contributed by atoms with Gasteiger partial charge in [0.05, 0.1) is 6.61 Å². The molecule has 2 N–H and O–H groups in total. The number of hydrogen-bond acceptors (Lipinski definition) is 3. The molecule has 0 aromatic heterocycles. The van der Waals surface area contributed by atoms with Crippen LogP contribution < -0.4 is 5.32 Å². The van der Waals surface area contributed by atoms with Crippen LogP contribution in [0.3, 0.4) is 0 Å². The highest BCUT2D eigenvalue weighted by molar-refractivity contribution is 7.99. The van der Waals surface area contributed by atoms with E-state index in [2.05, 4.69) is 37.4 Å². The first-order valence-electron chi connectivity index (χ1n) is 7.61. The van der Waals surface area contributed by atoms with E-state index in [1.54, 1.807) is 0 Å². The smallest absolute Gasteiger partial charge is 0.0615 e. The van der Waals surface area contributed by atoms with Gasteiger partial charge in [0.2, 0.25) is 0 Å². The van der Waals surface area contributed by atoms with Gasteiger partial charge >= 0.3 is 0 Å². The second-order valence-corrected chi connectivity index (χ2v) is 7.20. The van der Waals surface area contributed by atoms with Crippen LogP contribution in [0.1, 0.15) is 36.8 Å². The Bertz CT molecular complexity index is 443. The topological polar surface area (TPSA) is 32.3 Å². The van der Waals surface area contributed by atoms with Crippen molar-refractivity contribution >= 4 is 11.8 Å². The summed E-state index contributed by atoms with van der Waals surface area (Å²) in [6.45, 7) is 4.60. The molecule has 112 valence electrons. The Labute approximate surface area is 127 Å². The molecule has 0 bridgehead atoms. The SMILES string of the molecule is CNC1(CO)CCCC1CCSc1ccc(C)c(C)c1. The van der Waals surface area contributed by atoms with E-state index >= 15 is 0 Å². The number of aryl methyl sites for hydroxylation is 2. The van der Waals surface area contributed by atoms with Crippen LogP contribution in [0, 0.1) is 19.8 Å². The van der Waals surface area contributed by atoms with E-state index in [0.29, 0.717) is 5.92 Å². The van der Waals surface area contributed by atoms with Crippen LogP contribution in [0.4, 0.5) is 0 Å². The monoisotopic (exact) mass is 293 g/mol. The molecule has 1 fully saturated rings. The lowest BCUT2D eigenvalue weighted by Crippen LogP contribution is -2.49. The Kier molecular flexibility index (Phi) is 5.53. The second-order valence-electron chi connectivity index (χ2n) is 6.04. The van der Waals surface area contributed by atoms with Crippen LogP contribution in [-0.4, -0.2) is 30.1 Å². The maximum atomic E-state index is 9.70. The highest BCUT2D eigenvalue weighted by Gasteiger charge is 2.40. The highest BCUT2D eigenvalue weighted by Crippen LogP contribution is 2.38. The van der Waals surface area contributed by atoms with Crippen molar-refractivity contribution in [3.63, 3.8) is 0 Å². The summed E-state index contributed by atoms with van der Waals surface area (Å²) in [5.41, 5.74) is 2.71. The van der Waals surface area contributed by atoms with Crippen molar-refractivity contribution < 1.29 is 5.11 Å². The molecule has 20 heavy (non-hydrogen) atoms. The van der Waals surface area contributed by atoms with Crippen molar-refractivity contribution in [2.45, 2.75) is 50.0 Å². The van der Waals surface area contributed by atoms with Crippen LogP contribution in [0.2, 0.25) is 0 Å². The summed E-state index contributed by atoms with van der Waals surface area (Å²) in [7, 11) is 1.99. The lowest BCUT2D eigenvalue weighted by Gasteiger charge is -2.33. The maximum absolute atomic E-state index is 9.70. The molecule has 2 nitrogen and oxygen atoms in total. The number of hydrogen-bond donors (Lipinski definition) is 2. The van der Waals surface area contributed by atoms with E-state index in [4.69, 9.17) is 0 Å². The predicted molar refractivity (Wildman–Crippen MR) is 87.5 cm³/mol. The second kappa shape index (κ2) is 6.97. The molecule has 1 saturated carbocycles. The number of nitrogens with one attached hydrogen (secondary N) is 1. The van der Waals surface area contributed by atoms with Gasteiger partial charge in [-0.2, -0.15) is 0 Å². The van der Waals surface area contributed by atoms with Gasteiger partial charge in [-0.1, -0.05) is 12.5 Å². The molecule has 0 aliphatic heterocycles. The molecule has 3 heteroatoms. The summed E-state index contributed by atoms with van der Waals surface area (Å²) < 4.78 is 0. The van der Waals surface area contributed by atoms with Gasteiger partial charge in [0.25, 0.3) is 0 Å². The van der Waals surface area contributed by atoms with Gasteiger partial charge in [-0.25, -0.2) is 0 Å². The molecule has 2 rings (SSSR count). The first kappa shape index (κ1) is 15.9. The van der Waals surface area contributed by atoms with Crippen LogP contribution in [-0.2, 0) is 0 Å². The van der Waals surface area contributed by atoms with Crippen molar-refractivity contribution in [2.24, 2.45) is 5.92 Å². The molecule has 2 atom stereocenters. The van der Waals surface area contributed by atoms with Gasteiger partial charge in [-0.15, -0.1) is 11.8 Å². The fourth-order valence-electron chi connectivity index (χ4n) is 3.30. The number of aliphatic hydroxyl groups is 1. The van der Waals surface area contributed by atoms with Crippen molar-refractivity contribution in [3.8, 4) is 0 Å². The Hall–Kier alpha value is -0.510. The lowest BCUT2D eigenvalue weighted by atomic mass is 9.86. The summed E-state index contributed by atoms with van der Waals surface area (Å²) in [5.74, 6) is 1.74. The quantitative estimate of drug-likeness (QED) is 0.787. The molecule has 1 aliphatic carbocycles. The molecule has 1 aromatic rings. The van der Waals surface area contributed by atoms with Gasteiger partial charge < -0.3 is 10.4 Å². The molecule has 0 spiro atoms. The Morgan fingerprint density at radius 2 is 2.15 bits per heavy atom. The van der Waals surface area contributed by atoms with E-state index in [1.165, 1.54) is 35.3 Å². The van der Waals surface area contributed by atoms with Crippen molar-refractivity contribution in [2.75, 3.05) is 19.4 Å². The van der Waals surface area contributed by atoms with E-state index in [9.17, 15) is 5.11 Å². The molecule has 2 unspecified atom stereocenters. The summed E-state index contributed by atoms with van der Waals surface area (Å²) in [6, 6.07) is 6.71. The lowest BCUT2D eigenvalue weighted by molar-refractivity contribution is 0.130. The van der Waals surface area contributed by atoms with Crippen molar-refractivity contribution in [1.82, 2.24) is 5.32 Å². The number of benzene rings is 1. The third-order valence-corrected chi connectivity index (χ3v) is 5.98. The van der Waals surface area contributed by atoms with Gasteiger partial charge in [-0.3, -0.25) is 0 Å². The van der Waals surface area contributed by atoms with Gasteiger partial charge in [0.15, 0.2) is 0 Å².